The number of rotatable bonds is 7. The highest BCUT2D eigenvalue weighted by Crippen LogP contribution is 2.00. The van der Waals surface area contributed by atoms with Crippen molar-refractivity contribution >= 4 is 22.0 Å². The number of hydrogen-bond acceptors (Lipinski definition) is 5. The summed E-state index contributed by atoms with van der Waals surface area (Å²) in [5, 5.41) is 8.51. The molecule has 8 heteroatoms. The molecule has 0 saturated heterocycles. The average molecular weight is 253 g/mol. The van der Waals surface area contributed by atoms with Gasteiger partial charge in [-0.3, -0.25) is 9.59 Å². The van der Waals surface area contributed by atoms with E-state index in [0.29, 0.717) is 6.42 Å². The van der Waals surface area contributed by atoms with Crippen molar-refractivity contribution in [2.75, 3.05) is 12.9 Å². The van der Waals surface area contributed by atoms with Gasteiger partial charge in [0.1, 0.15) is 0 Å². The number of nitrogens with one attached hydrogen (secondary N) is 1. The van der Waals surface area contributed by atoms with Gasteiger partial charge in [0.2, 0.25) is 10.0 Å². The molecule has 7 nitrogen and oxygen atoms in total. The van der Waals surface area contributed by atoms with Gasteiger partial charge in [-0.2, -0.15) is 0 Å². The van der Waals surface area contributed by atoms with Gasteiger partial charge < -0.3 is 9.84 Å². The Morgan fingerprint density at radius 2 is 2.00 bits per heavy atom. The molecule has 94 valence electrons. The highest BCUT2D eigenvalue weighted by atomic mass is 32.2. The molecule has 0 radical (unpaired) electrons. The zero-order valence-electron chi connectivity index (χ0n) is 9.10. The van der Waals surface area contributed by atoms with Gasteiger partial charge in [-0.25, -0.2) is 13.1 Å². The Kier molecular flexibility index (Phi) is 5.97. The standard InChI is InChI=1S/C8H15NO6S/c1-3-6(4-7(10)11)9-16(13,14)5-8(12)15-2/h6,9H,3-5H2,1-2H3,(H,10,11). The molecule has 0 aliphatic heterocycles. The van der Waals surface area contributed by atoms with Gasteiger partial charge in [0.15, 0.2) is 5.75 Å². The van der Waals surface area contributed by atoms with E-state index in [0.717, 1.165) is 7.11 Å². The lowest BCUT2D eigenvalue weighted by molar-refractivity contribution is -0.138. The van der Waals surface area contributed by atoms with E-state index < -0.39 is 33.8 Å². The van der Waals surface area contributed by atoms with E-state index in [2.05, 4.69) is 9.46 Å². The van der Waals surface area contributed by atoms with Crippen molar-refractivity contribution in [2.45, 2.75) is 25.8 Å². The van der Waals surface area contributed by atoms with Crippen molar-refractivity contribution in [1.29, 1.82) is 0 Å². The maximum absolute atomic E-state index is 11.3. The molecule has 0 aromatic rings. The van der Waals surface area contributed by atoms with E-state index in [1.807, 2.05) is 0 Å². The molecule has 0 spiro atoms. The molecule has 1 unspecified atom stereocenters. The molecular weight excluding hydrogens is 238 g/mol. The smallest absolute Gasteiger partial charge is 0.322 e. The van der Waals surface area contributed by atoms with Crippen LogP contribution < -0.4 is 4.72 Å². The Bertz CT molecular complexity index is 350. The van der Waals surface area contributed by atoms with E-state index in [-0.39, 0.29) is 6.42 Å². The highest BCUT2D eigenvalue weighted by Gasteiger charge is 2.22. The summed E-state index contributed by atoms with van der Waals surface area (Å²) in [6.07, 6.45) is 0.00358. The summed E-state index contributed by atoms with van der Waals surface area (Å²) in [6.45, 7) is 1.65. The zero-order chi connectivity index (χ0) is 12.8. The number of carboxylic acid groups (broad SMARTS) is 1. The van der Waals surface area contributed by atoms with Crippen LogP contribution in [0.5, 0.6) is 0 Å². The third kappa shape index (κ3) is 6.36. The maximum atomic E-state index is 11.3. The predicted octanol–water partition coefficient (Wildman–Crippen LogP) is -0.668. The summed E-state index contributed by atoms with van der Waals surface area (Å²) < 4.78 is 29.0. The molecule has 0 heterocycles. The van der Waals surface area contributed by atoms with Crippen molar-refractivity contribution in [2.24, 2.45) is 0 Å². The number of methoxy groups -OCH3 is 1. The predicted molar refractivity (Wildman–Crippen MR) is 55.3 cm³/mol. The summed E-state index contributed by atoms with van der Waals surface area (Å²) in [5.41, 5.74) is 0. The molecule has 0 fully saturated rings. The molecule has 0 bridgehead atoms. The molecule has 0 amide bonds. The number of hydrogen-bond donors (Lipinski definition) is 2. The Morgan fingerprint density at radius 3 is 2.38 bits per heavy atom. The van der Waals surface area contributed by atoms with Gasteiger partial charge in [0.05, 0.1) is 13.5 Å². The van der Waals surface area contributed by atoms with Gasteiger partial charge in [0.25, 0.3) is 0 Å². The minimum Gasteiger partial charge on any atom is -0.481 e. The van der Waals surface area contributed by atoms with Gasteiger partial charge in [0, 0.05) is 6.04 Å². The molecule has 16 heavy (non-hydrogen) atoms. The van der Waals surface area contributed by atoms with E-state index in [4.69, 9.17) is 5.11 Å². The Balaban J connectivity index is 4.43. The second kappa shape index (κ2) is 6.44. The van der Waals surface area contributed by atoms with Gasteiger partial charge in [-0.15, -0.1) is 0 Å². The van der Waals surface area contributed by atoms with Crippen molar-refractivity contribution in [3.05, 3.63) is 0 Å². The first-order chi connectivity index (χ1) is 7.30. The van der Waals surface area contributed by atoms with E-state index in [1.165, 1.54) is 0 Å². The molecule has 0 aromatic heterocycles. The van der Waals surface area contributed by atoms with Crippen LogP contribution >= 0.6 is 0 Å². The van der Waals surface area contributed by atoms with Crippen LogP contribution in [0.25, 0.3) is 0 Å². The van der Waals surface area contributed by atoms with E-state index in [1.54, 1.807) is 6.92 Å². The SMILES string of the molecule is CCC(CC(=O)O)NS(=O)(=O)CC(=O)OC. The quantitative estimate of drug-likeness (QED) is 0.582. The van der Waals surface area contributed by atoms with Crippen LogP contribution in [0.3, 0.4) is 0 Å². The fourth-order valence-electron chi connectivity index (χ4n) is 0.990. The molecule has 0 saturated carbocycles. The van der Waals surface area contributed by atoms with Crippen molar-refractivity contribution in [3.63, 3.8) is 0 Å². The van der Waals surface area contributed by atoms with Crippen LogP contribution in [0.1, 0.15) is 19.8 Å². The third-order valence-electron chi connectivity index (χ3n) is 1.80. The van der Waals surface area contributed by atoms with Gasteiger partial charge in [-0.1, -0.05) is 6.92 Å². The number of aliphatic carboxylic acids is 1. The number of esters is 1. The second-order valence-corrected chi connectivity index (χ2v) is 4.91. The Hall–Kier alpha value is -1.15. The van der Waals surface area contributed by atoms with E-state index >= 15 is 0 Å². The average Bonchev–Trinajstić information content (AvgIpc) is 2.14. The lowest BCUT2D eigenvalue weighted by atomic mass is 10.2. The number of carbonyl (C=O) groups excluding carboxylic acids is 1. The molecule has 2 N–H and O–H groups in total. The topological polar surface area (TPSA) is 110 Å². The minimum atomic E-state index is -3.84. The van der Waals surface area contributed by atoms with Crippen molar-refractivity contribution in [1.82, 2.24) is 4.72 Å². The van der Waals surface area contributed by atoms with Crippen LogP contribution in [-0.4, -0.2) is 44.4 Å². The summed E-state index contributed by atoms with van der Waals surface area (Å²) in [7, 11) is -2.76. The first-order valence-corrected chi connectivity index (χ1v) is 6.24. The number of carboxylic acids is 1. The van der Waals surface area contributed by atoms with Crippen molar-refractivity contribution in [3.8, 4) is 0 Å². The minimum absolute atomic E-state index is 0.323. The van der Waals surface area contributed by atoms with Crippen LogP contribution in [0.15, 0.2) is 0 Å². The highest BCUT2D eigenvalue weighted by molar-refractivity contribution is 7.90. The first-order valence-electron chi connectivity index (χ1n) is 4.59. The van der Waals surface area contributed by atoms with Gasteiger partial charge in [-0.05, 0) is 6.42 Å². The molecular formula is C8H15NO6S. The lowest BCUT2D eigenvalue weighted by Crippen LogP contribution is -2.39. The van der Waals surface area contributed by atoms with Crippen LogP contribution in [0, 0.1) is 0 Å². The van der Waals surface area contributed by atoms with Crippen LogP contribution in [-0.2, 0) is 24.3 Å². The van der Waals surface area contributed by atoms with Crippen LogP contribution in [0.2, 0.25) is 0 Å². The number of sulfonamides is 1. The van der Waals surface area contributed by atoms with E-state index in [9.17, 15) is 18.0 Å². The Labute approximate surface area is 93.8 Å². The van der Waals surface area contributed by atoms with Crippen LogP contribution in [0.4, 0.5) is 0 Å². The molecule has 1 atom stereocenters. The monoisotopic (exact) mass is 253 g/mol. The first kappa shape index (κ1) is 14.8. The molecule has 0 aliphatic rings. The normalized spacial score (nSPS) is 13.1. The molecule has 0 aliphatic carbocycles. The van der Waals surface area contributed by atoms with Crippen molar-refractivity contribution < 1.29 is 27.9 Å². The van der Waals surface area contributed by atoms with Gasteiger partial charge >= 0.3 is 11.9 Å². The third-order valence-corrected chi connectivity index (χ3v) is 3.10. The number of carbonyl (C=O) groups is 2. The number of ether oxygens (including phenoxy) is 1. The largest absolute Gasteiger partial charge is 0.481 e. The maximum Gasteiger partial charge on any atom is 0.322 e. The zero-order valence-corrected chi connectivity index (χ0v) is 9.91. The lowest BCUT2D eigenvalue weighted by Gasteiger charge is -2.14. The summed E-state index contributed by atoms with van der Waals surface area (Å²) in [6, 6.07) is -0.716. The summed E-state index contributed by atoms with van der Waals surface area (Å²) >= 11 is 0. The Morgan fingerprint density at radius 1 is 1.44 bits per heavy atom. The molecule has 0 rings (SSSR count). The summed E-state index contributed by atoms with van der Waals surface area (Å²) in [5.74, 6) is -2.80. The second-order valence-electron chi connectivity index (χ2n) is 3.16. The molecule has 0 aromatic carbocycles. The fourth-order valence-corrected chi connectivity index (χ4v) is 2.26. The fraction of sp³-hybridized carbons (Fsp3) is 0.750. The summed E-state index contributed by atoms with van der Waals surface area (Å²) in [4.78, 5) is 21.2.